The molecule has 166 valence electrons. The van der Waals surface area contributed by atoms with E-state index in [2.05, 4.69) is 5.32 Å². The standard InChI is InChI=1S/C21H17ClFN3O5S/c1-2-25(15-6-4-3-5-7-15)32(30,31)16-9-10-18(22)17(13-16)21(27)24-14-8-11-19(23)20(12-14)26(28)29/h3-13H,2H2,1H3,(H,24,27). The maximum absolute atomic E-state index is 13.5. The van der Waals surface area contributed by atoms with Crippen LogP contribution in [-0.4, -0.2) is 25.8 Å². The van der Waals surface area contributed by atoms with Gasteiger partial charge < -0.3 is 5.32 Å². The van der Waals surface area contributed by atoms with E-state index in [1.165, 1.54) is 16.4 Å². The predicted octanol–water partition coefficient (Wildman–Crippen LogP) is 4.85. The lowest BCUT2D eigenvalue weighted by molar-refractivity contribution is -0.387. The summed E-state index contributed by atoms with van der Waals surface area (Å²) in [5.74, 6) is -1.87. The Bertz CT molecular complexity index is 1290. The smallest absolute Gasteiger partial charge is 0.306 e. The van der Waals surface area contributed by atoms with Crippen LogP contribution in [0.1, 0.15) is 17.3 Å². The van der Waals surface area contributed by atoms with Crippen molar-refractivity contribution in [2.75, 3.05) is 16.2 Å². The molecule has 1 amide bonds. The SMILES string of the molecule is CCN(c1ccccc1)S(=O)(=O)c1ccc(Cl)c(C(=O)Nc2ccc(F)c([N+](=O)[O-])c2)c1. The number of para-hydroxylation sites is 1. The molecule has 32 heavy (non-hydrogen) atoms. The molecule has 0 saturated heterocycles. The molecule has 3 aromatic rings. The summed E-state index contributed by atoms with van der Waals surface area (Å²) in [6.45, 7) is 1.82. The number of nitrogens with one attached hydrogen (secondary N) is 1. The van der Waals surface area contributed by atoms with Crippen molar-refractivity contribution < 1.29 is 22.5 Å². The van der Waals surface area contributed by atoms with Crippen LogP contribution in [0.4, 0.5) is 21.5 Å². The molecule has 8 nitrogen and oxygen atoms in total. The van der Waals surface area contributed by atoms with E-state index in [0.717, 1.165) is 24.3 Å². The number of carbonyl (C=O) groups is 1. The molecular weight excluding hydrogens is 461 g/mol. The monoisotopic (exact) mass is 477 g/mol. The zero-order chi connectivity index (χ0) is 23.5. The van der Waals surface area contributed by atoms with Crippen LogP contribution in [0, 0.1) is 15.9 Å². The van der Waals surface area contributed by atoms with Gasteiger partial charge in [0.15, 0.2) is 0 Å². The normalized spacial score (nSPS) is 11.1. The lowest BCUT2D eigenvalue weighted by atomic mass is 10.2. The highest BCUT2D eigenvalue weighted by atomic mass is 35.5. The van der Waals surface area contributed by atoms with Crippen LogP contribution in [0.2, 0.25) is 5.02 Å². The molecule has 0 fully saturated rings. The molecule has 0 unspecified atom stereocenters. The third kappa shape index (κ3) is 4.71. The molecule has 0 heterocycles. The number of nitrogens with zero attached hydrogens (tertiary/aromatic N) is 2. The minimum Gasteiger partial charge on any atom is -0.322 e. The van der Waals surface area contributed by atoms with Crippen LogP contribution < -0.4 is 9.62 Å². The van der Waals surface area contributed by atoms with Gasteiger partial charge in [0.05, 0.1) is 26.1 Å². The number of amides is 1. The summed E-state index contributed by atoms with van der Waals surface area (Å²) >= 11 is 6.11. The highest BCUT2D eigenvalue weighted by Gasteiger charge is 2.26. The van der Waals surface area contributed by atoms with E-state index < -0.39 is 32.4 Å². The fraction of sp³-hybridized carbons (Fsp3) is 0.0952. The van der Waals surface area contributed by atoms with Crippen LogP contribution in [0.15, 0.2) is 71.6 Å². The van der Waals surface area contributed by atoms with E-state index in [-0.39, 0.29) is 27.7 Å². The summed E-state index contributed by atoms with van der Waals surface area (Å²) < 4.78 is 41.1. The molecule has 0 aliphatic rings. The molecule has 0 radical (unpaired) electrons. The summed E-state index contributed by atoms with van der Waals surface area (Å²) in [5, 5.41) is 13.3. The second-order valence-corrected chi connectivity index (χ2v) is 8.79. The van der Waals surface area contributed by atoms with Gasteiger partial charge >= 0.3 is 5.69 Å². The molecule has 0 aliphatic carbocycles. The van der Waals surface area contributed by atoms with E-state index in [1.54, 1.807) is 37.3 Å². The average Bonchev–Trinajstić information content (AvgIpc) is 2.76. The molecule has 0 aliphatic heterocycles. The first-order valence-electron chi connectivity index (χ1n) is 9.27. The molecule has 3 aromatic carbocycles. The van der Waals surface area contributed by atoms with Crippen LogP contribution in [-0.2, 0) is 10.0 Å². The molecule has 0 atom stereocenters. The minimum absolute atomic E-state index is 0.0270. The average molecular weight is 478 g/mol. The first kappa shape index (κ1) is 23.2. The largest absolute Gasteiger partial charge is 0.322 e. The quantitative estimate of drug-likeness (QED) is 0.386. The molecule has 1 N–H and O–H groups in total. The van der Waals surface area contributed by atoms with E-state index >= 15 is 0 Å². The maximum atomic E-state index is 13.5. The Morgan fingerprint density at radius 1 is 1.12 bits per heavy atom. The summed E-state index contributed by atoms with van der Waals surface area (Å²) in [7, 11) is -4.02. The zero-order valence-electron chi connectivity index (χ0n) is 16.7. The van der Waals surface area contributed by atoms with Crippen LogP contribution >= 0.6 is 11.6 Å². The Balaban J connectivity index is 1.96. The number of halogens is 2. The van der Waals surface area contributed by atoms with Crippen molar-refractivity contribution in [1.29, 1.82) is 0 Å². The van der Waals surface area contributed by atoms with Gasteiger partial charge in [0.25, 0.3) is 15.9 Å². The molecular formula is C21H17ClFN3O5S. The molecule has 0 spiro atoms. The fourth-order valence-corrected chi connectivity index (χ4v) is 4.68. The lowest BCUT2D eigenvalue weighted by Gasteiger charge is -2.23. The number of benzene rings is 3. The summed E-state index contributed by atoms with van der Waals surface area (Å²) in [6.07, 6.45) is 0. The van der Waals surface area contributed by atoms with Crippen molar-refractivity contribution in [2.24, 2.45) is 0 Å². The summed E-state index contributed by atoms with van der Waals surface area (Å²) in [4.78, 5) is 22.5. The molecule has 0 bridgehead atoms. The first-order chi connectivity index (χ1) is 15.1. The first-order valence-corrected chi connectivity index (χ1v) is 11.1. The Hall–Kier alpha value is -3.50. The van der Waals surface area contributed by atoms with E-state index in [4.69, 9.17) is 11.6 Å². The Morgan fingerprint density at radius 2 is 1.81 bits per heavy atom. The summed E-state index contributed by atoms with van der Waals surface area (Å²) in [5.41, 5.74) is -0.572. The van der Waals surface area contributed by atoms with Crippen molar-refractivity contribution in [3.8, 4) is 0 Å². The molecule has 0 saturated carbocycles. The van der Waals surface area contributed by atoms with Crippen LogP contribution in [0.3, 0.4) is 0 Å². The van der Waals surface area contributed by atoms with E-state index in [1.807, 2.05) is 0 Å². The van der Waals surface area contributed by atoms with Gasteiger partial charge in [0.2, 0.25) is 5.82 Å². The number of nitro groups is 1. The fourth-order valence-electron chi connectivity index (χ4n) is 2.98. The van der Waals surface area contributed by atoms with Crippen molar-refractivity contribution in [1.82, 2.24) is 0 Å². The third-order valence-corrected chi connectivity index (χ3v) is 6.73. The highest BCUT2D eigenvalue weighted by Crippen LogP contribution is 2.28. The number of hydrogen-bond donors (Lipinski definition) is 1. The number of rotatable bonds is 7. The number of sulfonamides is 1. The van der Waals surface area contributed by atoms with Crippen LogP contribution in [0.25, 0.3) is 0 Å². The zero-order valence-corrected chi connectivity index (χ0v) is 18.2. The van der Waals surface area contributed by atoms with E-state index in [9.17, 15) is 27.7 Å². The maximum Gasteiger partial charge on any atom is 0.306 e. The van der Waals surface area contributed by atoms with Gasteiger partial charge in [-0.3, -0.25) is 19.2 Å². The van der Waals surface area contributed by atoms with Gasteiger partial charge in [0.1, 0.15) is 0 Å². The molecule has 11 heteroatoms. The number of anilines is 2. The lowest BCUT2D eigenvalue weighted by Crippen LogP contribution is -2.31. The Kier molecular flexibility index (Phi) is 6.75. The molecule has 3 rings (SSSR count). The second kappa shape index (κ2) is 9.33. The van der Waals surface area contributed by atoms with Crippen molar-refractivity contribution >= 4 is 44.6 Å². The third-order valence-electron chi connectivity index (χ3n) is 4.50. The Morgan fingerprint density at radius 3 is 2.44 bits per heavy atom. The number of nitro benzene ring substituents is 1. The van der Waals surface area contributed by atoms with Gasteiger partial charge in [-0.05, 0) is 49.4 Å². The molecule has 0 aromatic heterocycles. The highest BCUT2D eigenvalue weighted by molar-refractivity contribution is 7.92. The van der Waals surface area contributed by atoms with Gasteiger partial charge in [-0.25, -0.2) is 8.42 Å². The van der Waals surface area contributed by atoms with Gasteiger partial charge in [-0.15, -0.1) is 0 Å². The topological polar surface area (TPSA) is 110 Å². The summed E-state index contributed by atoms with van der Waals surface area (Å²) in [6, 6.07) is 15.0. The number of carbonyl (C=O) groups excluding carboxylic acids is 1. The van der Waals surface area contributed by atoms with Crippen LogP contribution in [0.5, 0.6) is 0 Å². The van der Waals surface area contributed by atoms with Gasteiger partial charge in [-0.1, -0.05) is 29.8 Å². The van der Waals surface area contributed by atoms with Crippen molar-refractivity contribution in [3.63, 3.8) is 0 Å². The Labute approximate surface area is 188 Å². The second-order valence-electron chi connectivity index (χ2n) is 6.52. The van der Waals surface area contributed by atoms with E-state index in [0.29, 0.717) is 5.69 Å². The van der Waals surface area contributed by atoms with Crippen molar-refractivity contribution in [3.05, 3.63) is 93.2 Å². The van der Waals surface area contributed by atoms with Crippen molar-refractivity contribution in [2.45, 2.75) is 11.8 Å². The number of hydrogen-bond acceptors (Lipinski definition) is 5. The minimum atomic E-state index is -4.02. The predicted molar refractivity (Wildman–Crippen MR) is 119 cm³/mol. The van der Waals surface area contributed by atoms with Gasteiger partial charge in [0, 0.05) is 18.3 Å². The van der Waals surface area contributed by atoms with Gasteiger partial charge in [-0.2, -0.15) is 4.39 Å².